The van der Waals surface area contributed by atoms with Crippen LogP contribution in [0.25, 0.3) is 6.08 Å². The van der Waals surface area contributed by atoms with Gasteiger partial charge >= 0.3 is 11.9 Å². The zero-order valence-corrected chi connectivity index (χ0v) is 16.3. The van der Waals surface area contributed by atoms with Crippen molar-refractivity contribution in [2.24, 2.45) is 0 Å². The van der Waals surface area contributed by atoms with E-state index in [0.717, 1.165) is 4.90 Å². The van der Waals surface area contributed by atoms with E-state index in [1.807, 2.05) is 0 Å². The summed E-state index contributed by atoms with van der Waals surface area (Å²) in [6.07, 6.45) is 1.02. The van der Waals surface area contributed by atoms with Gasteiger partial charge in [-0.15, -0.1) is 0 Å². The number of amides is 2. The third kappa shape index (κ3) is 5.26. The lowest BCUT2D eigenvalue weighted by Crippen LogP contribution is -2.35. The van der Waals surface area contributed by atoms with E-state index in [-0.39, 0.29) is 22.5 Å². The van der Waals surface area contributed by atoms with Crippen LogP contribution in [0.5, 0.6) is 11.5 Å². The van der Waals surface area contributed by atoms with Gasteiger partial charge < -0.3 is 19.3 Å². The van der Waals surface area contributed by atoms with Gasteiger partial charge in [0.05, 0.1) is 18.1 Å². The SMILES string of the molecule is COc1cccc(/C=C2/SC(=O)N(CC(=O)OC(C)C)C2=O)c1OCC(=O)O. The van der Waals surface area contributed by atoms with Crippen molar-refractivity contribution in [3.63, 3.8) is 0 Å². The molecule has 10 heteroatoms. The van der Waals surface area contributed by atoms with Crippen LogP contribution in [0.3, 0.4) is 0 Å². The number of rotatable bonds is 8. The number of carbonyl (C=O) groups is 4. The number of benzene rings is 1. The predicted octanol–water partition coefficient (Wildman–Crippen LogP) is 2.15. The molecule has 0 bridgehead atoms. The summed E-state index contributed by atoms with van der Waals surface area (Å²) in [6.45, 7) is 2.23. The lowest BCUT2D eigenvalue weighted by Gasteiger charge is -2.13. The van der Waals surface area contributed by atoms with Crippen LogP contribution in [-0.2, 0) is 19.1 Å². The van der Waals surface area contributed by atoms with Crippen molar-refractivity contribution in [2.45, 2.75) is 20.0 Å². The number of nitrogens with zero attached hydrogens (tertiary/aromatic N) is 1. The Morgan fingerprint density at radius 2 is 2.00 bits per heavy atom. The van der Waals surface area contributed by atoms with Crippen LogP contribution in [0, 0.1) is 0 Å². The quantitative estimate of drug-likeness (QED) is 0.508. The molecule has 0 aliphatic carbocycles. The second-order valence-electron chi connectivity index (χ2n) is 5.87. The Bertz CT molecular complexity index is 833. The van der Waals surface area contributed by atoms with E-state index >= 15 is 0 Å². The molecule has 150 valence electrons. The van der Waals surface area contributed by atoms with Gasteiger partial charge in [0.2, 0.25) is 0 Å². The van der Waals surface area contributed by atoms with Gasteiger partial charge in [-0.05, 0) is 37.8 Å². The second-order valence-corrected chi connectivity index (χ2v) is 6.86. The van der Waals surface area contributed by atoms with Crippen LogP contribution in [0.2, 0.25) is 0 Å². The summed E-state index contributed by atoms with van der Waals surface area (Å²) in [4.78, 5) is 48.1. The topological polar surface area (TPSA) is 119 Å². The number of imide groups is 1. The summed E-state index contributed by atoms with van der Waals surface area (Å²) in [5.74, 6) is -2.12. The molecule has 0 spiro atoms. The van der Waals surface area contributed by atoms with Gasteiger partial charge in [-0.2, -0.15) is 0 Å². The number of hydrogen-bond acceptors (Lipinski definition) is 8. The van der Waals surface area contributed by atoms with Crippen molar-refractivity contribution >= 4 is 40.9 Å². The maximum Gasteiger partial charge on any atom is 0.341 e. The predicted molar refractivity (Wildman–Crippen MR) is 100 cm³/mol. The summed E-state index contributed by atoms with van der Waals surface area (Å²) in [7, 11) is 1.39. The Balaban J connectivity index is 2.28. The molecule has 0 atom stereocenters. The maximum absolute atomic E-state index is 12.5. The maximum atomic E-state index is 12.5. The summed E-state index contributed by atoms with van der Waals surface area (Å²) < 4.78 is 15.4. The number of carbonyl (C=O) groups excluding carboxylic acids is 3. The lowest BCUT2D eigenvalue weighted by molar-refractivity contribution is -0.149. The van der Waals surface area contributed by atoms with Gasteiger partial charge in [0.15, 0.2) is 18.1 Å². The molecule has 0 saturated carbocycles. The van der Waals surface area contributed by atoms with Crippen molar-refractivity contribution in [3.8, 4) is 11.5 Å². The molecule has 1 aromatic carbocycles. The molecule has 0 aromatic heterocycles. The molecule has 28 heavy (non-hydrogen) atoms. The molecule has 1 heterocycles. The second kappa shape index (κ2) is 9.27. The summed E-state index contributed by atoms with van der Waals surface area (Å²) in [5.41, 5.74) is 0.357. The molecule has 2 rings (SSSR count). The average molecular weight is 409 g/mol. The molecule has 1 aliphatic rings. The minimum Gasteiger partial charge on any atom is -0.493 e. The Kier molecular flexibility index (Phi) is 7.05. The highest BCUT2D eigenvalue weighted by molar-refractivity contribution is 8.18. The number of thioether (sulfide) groups is 1. The van der Waals surface area contributed by atoms with Crippen molar-refractivity contribution in [1.29, 1.82) is 0 Å². The molecule has 1 aliphatic heterocycles. The van der Waals surface area contributed by atoms with Crippen LogP contribution in [0.4, 0.5) is 4.79 Å². The molecule has 1 N–H and O–H groups in total. The average Bonchev–Trinajstić information content (AvgIpc) is 2.87. The van der Waals surface area contributed by atoms with E-state index in [9.17, 15) is 19.2 Å². The van der Waals surface area contributed by atoms with Crippen LogP contribution < -0.4 is 9.47 Å². The van der Waals surface area contributed by atoms with Gasteiger partial charge in [0.1, 0.15) is 6.54 Å². The first-order valence-corrected chi connectivity index (χ1v) is 9.01. The molecule has 0 radical (unpaired) electrons. The third-order valence-corrected chi connectivity index (χ3v) is 4.29. The van der Waals surface area contributed by atoms with E-state index in [1.165, 1.54) is 13.2 Å². The van der Waals surface area contributed by atoms with Gasteiger partial charge in [-0.1, -0.05) is 12.1 Å². The van der Waals surface area contributed by atoms with E-state index in [2.05, 4.69) is 0 Å². The fourth-order valence-electron chi connectivity index (χ4n) is 2.30. The first-order chi connectivity index (χ1) is 13.2. The summed E-state index contributed by atoms with van der Waals surface area (Å²) in [5, 5.41) is 8.23. The normalized spacial score (nSPS) is 15.3. The molecule has 1 fully saturated rings. The van der Waals surface area contributed by atoms with Crippen molar-refractivity contribution < 1.29 is 38.5 Å². The Labute approximate surface area is 165 Å². The summed E-state index contributed by atoms with van der Waals surface area (Å²) in [6, 6.07) is 4.78. The highest BCUT2D eigenvalue weighted by Crippen LogP contribution is 2.37. The fraction of sp³-hybridized carbons (Fsp3) is 0.333. The molecule has 2 amide bonds. The fourth-order valence-corrected chi connectivity index (χ4v) is 3.13. The lowest BCUT2D eigenvalue weighted by atomic mass is 10.1. The summed E-state index contributed by atoms with van der Waals surface area (Å²) >= 11 is 0.662. The minimum absolute atomic E-state index is 0.0655. The third-order valence-electron chi connectivity index (χ3n) is 3.38. The number of esters is 1. The first-order valence-electron chi connectivity index (χ1n) is 8.19. The Morgan fingerprint density at radius 1 is 1.29 bits per heavy atom. The number of carboxylic acids is 1. The zero-order chi connectivity index (χ0) is 20.8. The monoisotopic (exact) mass is 409 g/mol. The number of hydrogen-bond donors (Lipinski definition) is 1. The van der Waals surface area contributed by atoms with Crippen molar-refractivity contribution in [3.05, 3.63) is 28.7 Å². The molecule has 0 unspecified atom stereocenters. The Hall–Kier alpha value is -3.01. The number of carboxylic acid groups (broad SMARTS) is 1. The van der Waals surface area contributed by atoms with Crippen molar-refractivity contribution in [1.82, 2.24) is 4.90 Å². The van der Waals surface area contributed by atoms with E-state index in [1.54, 1.807) is 32.0 Å². The number of methoxy groups -OCH3 is 1. The van der Waals surface area contributed by atoms with Crippen LogP contribution in [-0.4, -0.2) is 59.5 Å². The van der Waals surface area contributed by atoms with Gasteiger partial charge in [0, 0.05) is 5.56 Å². The zero-order valence-electron chi connectivity index (χ0n) is 15.5. The van der Waals surface area contributed by atoms with Crippen LogP contribution in [0.15, 0.2) is 23.1 Å². The largest absolute Gasteiger partial charge is 0.493 e. The van der Waals surface area contributed by atoms with Gasteiger partial charge in [-0.25, -0.2) is 4.79 Å². The number of para-hydroxylation sites is 1. The number of aliphatic carboxylic acids is 1. The van der Waals surface area contributed by atoms with Crippen LogP contribution >= 0.6 is 11.8 Å². The molecular formula is C18H19NO8S. The highest BCUT2D eigenvalue weighted by atomic mass is 32.2. The standard InChI is InChI=1S/C18H19NO8S/c1-10(2)27-15(22)8-19-17(23)13(28-18(19)24)7-11-5-4-6-12(25-3)16(11)26-9-14(20)21/h4-7,10H,8-9H2,1-3H3,(H,20,21)/b13-7+. The smallest absolute Gasteiger partial charge is 0.341 e. The van der Waals surface area contributed by atoms with E-state index in [0.29, 0.717) is 17.3 Å². The Morgan fingerprint density at radius 3 is 2.61 bits per heavy atom. The molecule has 1 aromatic rings. The first kappa shape index (κ1) is 21.3. The minimum atomic E-state index is -1.18. The molecular weight excluding hydrogens is 390 g/mol. The van der Waals surface area contributed by atoms with E-state index < -0.39 is 36.2 Å². The van der Waals surface area contributed by atoms with Gasteiger partial charge in [0.25, 0.3) is 11.1 Å². The molecule has 9 nitrogen and oxygen atoms in total. The number of ether oxygens (including phenoxy) is 3. The van der Waals surface area contributed by atoms with Crippen LogP contribution in [0.1, 0.15) is 19.4 Å². The van der Waals surface area contributed by atoms with Gasteiger partial charge in [-0.3, -0.25) is 19.3 Å². The van der Waals surface area contributed by atoms with Crippen molar-refractivity contribution in [2.75, 3.05) is 20.3 Å². The molecule has 1 saturated heterocycles. The highest BCUT2D eigenvalue weighted by Gasteiger charge is 2.37. The van der Waals surface area contributed by atoms with E-state index in [4.69, 9.17) is 19.3 Å².